The molecule has 0 unspecified atom stereocenters. The first-order chi connectivity index (χ1) is 13.7. The van der Waals surface area contributed by atoms with Gasteiger partial charge in [0.25, 0.3) is 0 Å². The molecular weight excluding hydrogens is 372 g/mol. The fraction of sp³-hybridized carbons (Fsp3) is 0.391. The molecule has 2 aromatic carbocycles. The summed E-state index contributed by atoms with van der Waals surface area (Å²) in [6, 6.07) is 12.7. The zero-order valence-corrected chi connectivity index (χ0v) is 17.4. The van der Waals surface area contributed by atoms with Crippen LogP contribution in [0.4, 0.5) is 0 Å². The van der Waals surface area contributed by atoms with Crippen LogP contribution < -0.4 is 0 Å². The number of carbonyl (C=O) groups is 2. The van der Waals surface area contributed by atoms with E-state index in [-0.39, 0.29) is 22.6 Å². The van der Waals surface area contributed by atoms with Crippen LogP contribution in [0.15, 0.2) is 48.5 Å². The third-order valence-electron chi connectivity index (χ3n) is 3.72. The number of hydrogen-bond donors (Lipinski definition) is 2. The Labute approximate surface area is 172 Å². The van der Waals surface area contributed by atoms with Gasteiger partial charge in [-0.2, -0.15) is 0 Å². The highest BCUT2D eigenvalue weighted by Crippen LogP contribution is 2.17. The topological polar surface area (TPSA) is 93.1 Å². The third kappa shape index (κ3) is 9.14. The number of aromatic hydroxyl groups is 2. The van der Waals surface area contributed by atoms with Crippen molar-refractivity contribution in [2.75, 3.05) is 13.2 Å². The monoisotopic (exact) mass is 402 g/mol. The molecule has 0 bridgehead atoms. The first-order valence-corrected chi connectivity index (χ1v) is 9.62. The van der Waals surface area contributed by atoms with Crippen LogP contribution in [0.3, 0.4) is 0 Å². The quantitative estimate of drug-likeness (QED) is 0.646. The zero-order valence-electron chi connectivity index (χ0n) is 17.4. The molecule has 158 valence electrons. The molecule has 0 saturated heterocycles. The number of rotatable bonds is 7. The molecule has 0 aromatic heterocycles. The van der Waals surface area contributed by atoms with Gasteiger partial charge in [-0.05, 0) is 42.5 Å². The van der Waals surface area contributed by atoms with Gasteiger partial charge in [-0.3, -0.25) is 0 Å². The van der Waals surface area contributed by atoms with Crippen LogP contribution >= 0.6 is 0 Å². The number of para-hydroxylation sites is 2. The minimum atomic E-state index is -0.475. The van der Waals surface area contributed by atoms with Crippen molar-refractivity contribution < 1.29 is 29.3 Å². The van der Waals surface area contributed by atoms with Crippen LogP contribution in [-0.4, -0.2) is 35.4 Å². The molecule has 0 atom stereocenters. The number of benzene rings is 2. The Bertz CT molecular complexity index is 782. The first kappa shape index (κ1) is 24.0. The van der Waals surface area contributed by atoms with Crippen molar-refractivity contribution in [2.45, 2.75) is 34.1 Å². The molecule has 6 nitrogen and oxygen atoms in total. The predicted molar refractivity (Wildman–Crippen MR) is 111 cm³/mol. The Morgan fingerprint density at radius 2 is 1.21 bits per heavy atom. The molecule has 0 saturated carbocycles. The number of ether oxygens (including phenoxy) is 2. The molecule has 0 aliphatic carbocycles. The molecule has 0 heterocycles. The van der Waals surface area contributed by atoms with Gasteiger partial charge >= 0.3 is 11.9 Å². The van der Waals surface area contributed by atoms with Crippen LogP contribution in [0.1, 0.15) is 54.8 Å². The van der Waals surface area contributed by atoms with E-state index < -0.39 is 11.9 Å². The fourth-order valence-electron chi connectivity index (χ4n) is 2.08. The van der Waals surface area contributed by atoms with Crippen LogP contribution in [-0.2, 0) is 9.47 Å². The number of carbonyl (C=O) groups excluding carboxylic acids is 2. The van der Waals surface area contributed by atoms with E-state index in [9.17, 15) is 19.8 Å². The molecular formula is C23H30O6. The Hall–Kier alpha value is -3.02. The second-order valence-corrected chi connectivity index (χ2v) is 7.35. The summed E-state index contributed by atoms with van der Waals surface area (Å²) in [4.78, 5) is 22.9. The molecule has 6 heteroatoms. The van der Waals surface area contributed by atoms with Crippen LogP contribution in [0, 0.1) is 11.8 Å². The maximum Gasteiger partial charge on any atom is 0.341 e. The summed E-state index contributed by atoms with van der Waals surface area (Å²) in [7, 11) is 0. The molecule has 2 aromatic rings. The Kier molecular flexibility index (Phi) is 10.3. The van der Waals surface area contributed by atoms with E-state index in [0.29, 0.717) is 25.0 Å². The van der Waals surface area contributed by atoms with Crippen molar-refractivity contribution in [3.63, 3.8) is 0 Å². The summed E-state index contributed by atoms with van der Waals surface area (Å²) in [5, 5.41) is 18.7. The number of phenolic OH excluding ortho intramolecular Hbond substituents is 2. The Balaban J connectivity index is 0.000000291. The Morgan fingerprint density at radius 1 is 0.759 bits per heavy atom. The van der Waals surface area contributed by atoms with E-state index >= 15 is 0 Å². The maximum atomic E-state index is 11.5. The standard InChI is InChI=1S/C12H16O3.C11H14O3/c1-9(2)7-8-15-12(14)10-5-3-4-6-11(10)13;1-8(2)7-14-11(13)9-5-3-4-6-10(9)12/h3-6,9,13H,7-8H2,1-2H3;3-6,8,12H,7H2,1-2H3. The summed E-state index contributed by atoms with van der Waals surface area (Å²) in [6.07, 6.45) is 0.833. The van der Waals surface area contributed by atoms with Gasteiger partial charge in [0.1, 0.15) is 22.6 Å². The second kappa shape index (κ2) is 12.4. The molecule has 0 radical (unpaired) electrons. The van der Waals surface area contributed by atoms with E-state index in [4.69, 9.17) is 9.47 Å². The van der Waals surface area contributed by atoms with E-state index in [1.54, 1.807) is 30.3 Å². The van der Waals surface area contributed by atoms with Gasteiger partial charge in [0, 0.05) is 0 Å². The molecule has 0 spiro atoms. The minimum absolute atomic E-state index is 0.0351. The largest absolute Gasteiger partial charge is 0.507 e. The van der Waals surface area contributed by atoms with Crippen molar-refractivity contribution in [1.82, 2.24) is 0 Å². The third-order valence-corrected chi connectivity index (χ3v) is 3.72. The van der Waals surface area contributed by atoms with E-state index in [1.807, 2.05) is 13.8 Å². The fourth-order valence-corrected chi connectivity index (χ4v) is 2.08. The lowest BCUT2D eigenvalue weighted by Gasteiger charge is -2.07. The number of hydrogen-bond acceptors (Lipinski definition) is 6. The SMILES string of the molecule is CC(C)CCOC(=O)c1ccccc1O.CC(C)COC(=O)c1ccccc1O. The van der Waals surface area contributed by atoms with E-state index in [0.717, 1.165) is 6.42 Å². The maximum absolute atomic E-state index is 11.5. The molecule has 0 fully saturated rings. The first-order valence-electron chi connectivity index (χ1n) is 9.62. The van der Waals surface area contributed by atoms with Crippen molar-refractivity contribution in [2.24, 2.45) is 11.8 Å². The van der Waals surface area contributed by atoms with Crippen molar-refractivity contribution in [3.8, 4) is 11.5 Å². The van der Waals surface area contributed by atoms with Gasteiger partial charge in [0.2, 0.25) is 0 Å². The van der Waals surface area contributed by atoms with Crippen LogP contribution in [0.25, 0.3) is 0 Å². The summed E-state index contributed by atoms with van der Waals surface area (Å²) >= 11 is 0. The van der Waals surface area contributed by atoms with Gasteiger partial charge in [0.05, 0.1) is 13.2 Å². The zero-order chi connectivity index (χ0) is 21.8. The minimum Gasteiger partial charge on any atom is -0.507 e. The van der Waals surface area contributed by atoms with Gasteiger partial charge in [-0.15, -0.1) is 0 Å². The average molecular weight is 402 g/mol. The molecule has 0 amide bonds. The highest BCUT2D eigenvalue weighted by Gasteiger charge is 2.12. The van der Waals surface area contributed by atoms with Crippen molar-refractivity contribution in [3.05, 3.63) is 59.7 Å². The highest BCUT2D eigenvalue weighted by atomic mass is 16.5. The number of esters is 2. The summed E-state index contributed by atoms with van der Waals surface area (Å²) in [5.41, 5.74) is 0.439. The van der Waals surface area contributed by atoms with E-state index in [1.165, 1.54) is 18.2 Å². The van der Waals surface area contributed by atoms with Gasteiger partial charge in [-0.25, -0.2) is 9.59 Å². The highest BCUT2D eigenvalue weighted by molar-refractivity contribution is 5.92. The second-order valence-electron chi connectivity index (χ2n) is 7.35. The normalized spacial score (nSPS) is 10.3. The molecule has 2 N–H and O–H groups in total. The van der Waals surface area contributed by atoms with Crippen LogP contribution in [0.2, 0.25) is 0 Å². The van der Waals surface area contributed by atoms with Crippen molar-refractivity contribution in [1.29, 1.82) is 0 Å². The molecule has 0 aliphatic heterocycles. The van der Waals surface area contributed by atoms with Gasteiger partial charge < -0.3 is 19.7 Å². The number of phenols is 2. The van der Waals surface area contributed by atoms with Crippen molar-refractivity contribution >= 4 is 11.9 Å². The van der Waals surface area contributed by atoms with E-state index in [2.05, 4.69) is 13.8 Å². The molecule has 29 heavy (non-hydrogen) atoms. The summed E-state index contributed by atoms with van der Waals surface area (Å²) < 4.78 is 9.99. The lowest BCUT2D eigenvalue weighted by Crippen LogP contribution is -2.10. The summed E-state index contributed by atoms with van der Waals surface area (Å²) in [6.45, 7) is 8.80. The molecule has 2 rings (SSSR count). The lowest BCUT2D eigenvalue weighted by atomic mass is 10.1. The smallest absolute Gasteiger partial charge is 0.341 e. The molecule has 0 aliphatic rings. The Morgan fingerprint density at radius 3 is 1.62 bits per heavy atom. The van der Waals surface area contributed by atoms with Gasteiger partial charge in [0.15, 0.2) is 0 Å². The summed E-state index contributed by atoms with van der Waals surface area (Å²) in [5.74, 6) is -0.217. The predicted octanol–water partition coefficient (Wildman–Crippen LogP) is 4.80. The lowest BCUT2D eigenvalue weighted by molar-refractivity contribution is 0.0453. The van der Waals surface area contributed by atoms with Crippen LogP contribution in [0.5, 0.6) is 11.5 Å². The average Bonchev–Trinajstić information content (AvgIpc) is 2.67. The van der Waals surface area contributed by atoms with Gasteiger partial charge in [-0.1, -0.05) is 52.0 Å².